The van der Waals surface area contributed by atoms with Crippen LogP contribution < -0.4 is 0 Å². The topological polar surface area (TPSA) is 63.1 Å². The van der Waals surface area contributed by atoms with Gasteiger partial charge in [-0.2, -0.15) is 0 Å². The molecule has 2 heterocycles. The fourth-order valence-corrected chi connectivity index (χ4v) is 10.1. The first-order chi connectivity index (χ1) is 24.9. The molecular formula is C47H60FIrN2O2S-. The van der Waals surface area contributed by atoms with E-state index in [4.69, 9.17) is 9.97 Å². The Hall–Kier alpha value is -2.99. The molecule has 1 N–H and O–H groups in total. The molecule has 1 aliphatic carbocycles. The second kappa shape index (κ2) is 17.4. The first-order valence-electron chi connectivity index (χ1n) is 19.7. The number of hydrogen-bond acceptors (Lipinski definition) is 5. The van der Waals surface area contributed by atoms with E-state index in [1.807, 2.05) is 33.8 Å². The third kappa shape index (κ3) is 9.86. The molecule has 3 aromatic carbocycles. The van der Waals surface area contributed by atoms with Gasteiger partial charge in [-0.25, -0.2) is 9.37 Å². The van der Waals surface area contributed by atoms with Gasteiger partial charge in [0.2, 0.25) is 0 Å². The molecule has 1 radical (unpaired) electrons. The summed E-state index contributed by atoms with van der Waals surface area (Å²) in [6.45, 7) is 24.3. The Kier molecular flexibility index (Phi) is 14.1. The number of aliphatic hydroxyl groups excluding tert-OH is 1. The van der Waals surface area contributed by atoms with Gasteiger partial charge in [-0.15, -0.1) is 34.4 Å². The molecule has 1 aliphatic rings. The number of hydrogen-bond donors (Lipinski definition) is 1. The first-order valence-corrected chi connectivity index (χ1v) is 20.5. The fraction of sp³-hybridized carbons (Fsp3) is 0.511. The van der Waals surface area contributed by atoms with Gasteiger partial charge < -0.3 is 5.11 Å². The van der Waals surface area contributed by atoms with Gasteiger partial charge in [0.25, 0.3) is 0 Å². The van der Waals surface area contributed by atoms with E-state index < -0.39 is 0 Å². The van der Waals surface area contributed by atoms with Crippen molar-refractivity contribution in [3.05, 3.63) is 83.6 Å². The summed E-state index contributed by atoms with van der Waals surface area (Å²) in [7, 11) is 0. The van der Waals surface area contributed by atoms with Crippen molar-refractivity contribution in [2.24, 2.45) is 22.7 Å². The minimum Gasteiger partial charge on any atom is -0.512 e. The van der Waals surface area contributed by atoms with Gasteiger partial charge in [0.1, 0.15) is 6.33 Å². The van der Waals surface area contributed by atoms with Crippen LogP contribution >= 0.6 is 11.3 Å². The molecule has 4 nitrogen and oxygen atoms in total. The van der Waals surface area contributed by atoms with Crippen molar-refractivity contribution in [1.29, 1.82) is 0 Å². The summed E-state index contributed by atoms with van der Waals surface area (Å²) in [5.41, 5.74) is 5.92. The van der Waals surface area contributed by atoms with Crippen molar-refractivity contribution >= 4 is 48.2 Å². The number of carbonyl (C=O) groups excluding carboxylic acids is 1. The quantitative estimate of drug-likeness (QED) is 0.0909. The summed E-state index contributed by atoms with van der Waals surface area (Å²) < 4.78 is 16.6. The molecule has 7 heteroatoms. The van der Waals surface area contributed by atoms with Crippen LogP contribution in [0.5, 0.6) is 0 Å². The van der Waals surface area contributed by atoms with Crippen LogP contribution in [0.25, 0.3) is 42.3 Å². The minimum atomic E-state index is -0.248. The minimum absolute atomic E-state index is 0. The second-order valence-corrected chi connectivity index (χ2v) is 19.0. The van der Waals surface area contributed by atoms with E-state index >= 15 is 0 Å². The molecule has 1 saturated carbocycles. The maximum atomic E-state index is 14.2. The first kappa shape index (κ1) is 43.7. The smallest absolute Gasteiger partial charge is 0.162 e. The van der Waals surface area contributed by atoms with Gasteiger partial charge in [0.15, 0.2) is 5.78 Å². The van der Waals surface area contributed by atoms with Crippen molar-refractivity contribution in [1.82, 2.24) is 9.97 Å². The molecule has 1 fully saturated rings. The van der Waals surface area contributed by atoms with Gasteiger partial charge in [0, 0.05) is 58.5 Å². The number of halogens is 1. The molecule has 2 aromatic heterocycles. The molecule has 293 valence electrons. The fourth-order valence-electron chi connectivity index (χ4n) is 8.90. The molecule has 5 aromatic rings. The number of carbonyl (C=O) groups is 1. The van der Waals surface area contributed by atoms with Crippen molar-refractivity contribution in [2.45, 2.75) is 132 Å². The largest absolute Gasteiger partial charge is 0.512 e. The number of rotatable bonds is 9. The molecule has 6 rings (SSSR count). The zero-order chi connectivity index (χ0) is 38.9. The van der Waals surface area contributed by atoms with Crippen molar-refractivity contribution in [2.75, 3.05) is 0 Å². The van der Waals surface area contributed by atoms with Crippen LogP contribution in [0.3, 0.4) is 0 Å². The molecule has 54 heavy (non-hydrogen) atoms. The van der Waals surface area contributed by atoms with Gasteiger partial charge >= 0.3 is 0 Å². The van der Waals surface area contributed by atoms with Gasteiger partial charge in [-0.05, 0) is 84.8 Å². The maximum Gasteiger partial charge on any atom is 0.162 e. The van der Waals surface area contributed by atoms with E-state index in [0.717, 1.165) is 57.9 Å². The van der Waals surface area contributed by atoms with E-state index in [1.165, 1.54) is 52.6 Å². The average Bonchev–Trinajstić information content (AvgIpc) is 3.45. The third-order valence-corrected chi connectivity index (χ3v) is 12.4. The Bertz CT molecular complexity index is 2100. The number of thiophene rings is 1. The summed E-state index contributed by atoms with van der Waals surface area (Å²) in [4.78, 5) is 21.2. The van der Waals surface area contributed by atoms with Crippen LogP contribution in [0.15, 0.2) is 60.6 Å². The van der Waals surface area contributed by atoms with Crippen LogP contribution in [-0.2, 0) is 30.3 Å². The Balaban J connectivity index is 0.000000347. The third-order valence-electron chi connectivity index (χ3n) is 11.3. The van der Waals surface area contributed by atoms with Crippen LogP contribution in [0.1, 0.15) is 138 Å². The summed E-state index contributed by atoms with van der Waals surface area (Å²) in [5.74, 6) is 0.861. The molecule has 0 bridgehead atoms. The molecule has 0 unspecified atom stereocenters. The number of allylic oxidation sites excluding steroid dienone is 2. The van der Waals surface area contributed by atoms with Gasteiger partial charge in [-0.1, -0.05) is 111 Å². The van der Waals surface area contributed by atoms with Crippen LogP contribution in [0.4, 0.5) is 4.39 Å². The molecule has 0 atom stereocenters. The molecule has 0 aliphatic heterocycles. The van der Waals surface area contributed by atoms with E-state index in [0.29, 0.717) is 16.7 Å². The monoisotopic (exact) mass is 928 g/mol. The predicted molar refractivity (Wildman–Crippen MR) is 223 cm³/mol. The number of fused-ring (bicyclic) bond motifs is 4. The predicted octanol–water partition coefficient (Wildman–Crippen LogP) is 14.1. The number of nitrogens with zero attached hydrogens (tertiary/aromatic N) is 2. The van der Waals surface area contributed by atoms with Crippen LogP contribution in [-0.4, -0.2) is 20.9 Å². The Morgan fingerprint density at radius 2 is 1.54 bits per heavy atom. The Morgan fingerprint density at radius 1 is 0.926 bits per heavy atom. The van der Waals surface area contributed by atoms with E-state index in [9.17, 15) is 14.3 Å². The van der Waals surface area contributed by atoms with Crippen molar-refractivity contribution < 1.29 is 34.4 Å². The standard InChI is InChI=1S/C34H36FN2S.C13H24O2.Ir/c1-32(2,3)27-14-22(12-21-13-24(35)9-11-25(21)27)29-31-30(37-19-36-29)26-10-8-20(15-28(26)38-31)23-16-33(4,5)18-34(6,7)17-23;1-5-10(6-2)12(14)9-13(15)11(7-3)8-4;/h8-11,13-15,19,23H,16-18H2,1-7H3;9-11,14H,5-8H2,1-4H3;/q-1;;/b;12-9-;. The summed E-state index contributed by atoms with van der Waals surface area (Å²) in [6, 6.07) is 17.6. The molecular weight excluding hydrogens is 868 g/mol. The van der Waals surface area contributed by atoms with Crippen molar-refractivity contribution in [3.8, 4) is 11.3 Å². The maximum absolute atomic E-state index is 14.2. The van der Waals surface area contributed by atoms with Crippen molar-refractivity contribution in [3.63, 3.8) is 0 Å². The number of aliphatic hydroxyl groups is 1. The summed E-state index contributed by atoms with van der Waals surface area (Å²) in [6.07, 6.45) is 10.3. The van der Waals surface area contributed by atoms with Crippen LogP contribution in [0.2, 0.25) is 0 Å². The number of aromatic nitrogens is 2. The Morgan fingerprint density at radius 3 is 2.13 bits per heavy atom. The molecule has 0 amide bonds. The normalized spacial score (nSPS) is 16.1. The Labute approximate surface area is 340 Å². The summed E-state index contributed by atoms with van der Waals surface area (Å²) >= 11 is 1.76. The van der Waals surface area contributed by atoms with Crippen LogP contribution in [0, 0.1) is 34.5 Å². The molecule has 0 saturated heterocycles. The van der Waals surface area contributed by atoms with E-state index in [2.05, 4.69) is 78.8 Å². The van der Waals surface area contributed by atoms with Gasteiger partial charge in [-0.3, -0.25) is 9.78 Å². The number of benzene rings is 3. The second-order valence-electron chi connectivity index (χ2n) is 17.9. The van der Waals surface area contributed by atoms with Gasteiger partial charge in [0.05, 0.1) is 17.1 Å². The van der Waals surface area contributed by atoms with E-state index in [1.54, 1.807) is 23.7 Å². The zero-order valence-electron chi connectivity index (χ0n) is 34.2. The zero-order valence-corrected chi connectivity index (χ0v) is 37.5. The van der Waals surface area contributed by atoms with E-state index in [-0.39, 0.29) is 54.7 Å². The average molecular weight is 928 g/mol. The SMILES string of the molecule is CC1(C)CC(c2ccc3c(c2)sc2c(-c4[c-]c5cc(F)ccc5c(C(C)(C)C)c4)ncnc23)CC(C)(C)C1.CCC(CC)C(=O)/C=C(\O)C(CC)CC.[Ir]. The number of ketones is 1. The summed E-state index contributed by atoms with van der Waals surface area (Å²) in [5, 5.41) is 12.8. The molecule has 0 spiro atoms.